The highest BCUT2D eigenvalue weighted by molar-refractivity contribution is 6.30. The maximum atomic E-state index is 12.5. The Hall–Kier alpha value is -2.89. The molecule has 0 radical (unpaired) electrons. The van der Waals surface area contributed by atoms with Gasteiger partial charge >= 0.3 is 0 Å². The monoisotopic (exact) mass is 450 g/mol. The molecule has 32 heavy (non-hydrogen) atoms. The van der Waals surface area contributed by atoms with Crippen LogP contribution in [-0.2, 0) is 14.9 Å². The van der Waals surface area contributed by atoms with E-state index in [1.54, 1.807) is 6.07 Å². The highest BCUT2D eigenvalue weighted by Crippen LogP contribution is 2.34. The van der Waals surface area contributed by atoms with Crippen molar-refractivity contribution < 1.29 is 14.3 Å². The lowest BCUT2D eigenvalue weighted by molar-refractivity contribution is -0.121. The standard InChI is InChI=1S/C26H27ClN2O3/c27-23-9-7-22(8-10-23)26(12-15-32-16-13-26)18-29-24(30)11-14-28-25(31)21-6-5-19-3-1-2-4-20(19)17-21/h1-10,17H,11-16,18H2,(H,28,31)(H,29,30). The molecule has 0 aliphatic carbocycles. The third kappa shape index (κ3) is 5.29. The minimum Gasteiger partial charge on any atom is -0.381 e. The molecule has 1 aliphatic heterocycles. The average molecular weight is 451 g/mol. The Morgan fingerprint density at radius 3 is 2.38 bits per heavy atom. The predicted octanol–water partition coefficient (Wildman–Crippen LogP) is 4.48. The third-order valence-corrected chi connectivity index (χ3v) is 6.43. The predicted molar refractivity (Wildman–Crippen MR) is 127 cm³/mol. The number of carbonyl (C=O) groups excluding carboxylic acids is 2. The lowest BCUT2D eigenvalue weighted by Gasteiger charge is -2.38. The first-order valence-electron chi connectivity index (χ1n) is 10.9. The summed E-state index contributed by atoms with van der Waals surface area (Å²) in [5, 5.41) is 8.71. The van der Waals surface area contributed by atoms with Crippen LogP contribution in [-0.4, -0.2) is 38.1 Å². The number of amides is 2. The molecule has 2 amide bonds. The van der Waals surface area contributed by atoms with Crippen molar-refractivity contribution in [2.45, 2.75) is 24.7 Å². The number of rotatable bonds is 7. The van der Waals surface area contributed by atoms with Crippen LogP contribution in [0, 0.1) is 0 Å². The molecule has 0 unspecified atom stereocenters. The molecule has 6 heteroatoms. The number of fused-ring (bicyclic) bond motifs is 1. The summed E-state index contributed by atoms with van der Waals surface area (Å²) in [6.07, 6.45) is 1.91. The molecule has 5 nitrogen and oxygen atoms in total. The summed E-state index contributed by atoms with van der Waals surface area (Å²) in [6, 6.07) is 21.3. The molecule has 1 heterocycles. The van der Waals surface area contributed by atoms with E-state index in [2.05, 4.69) is 10.6 Å². The maximum Gasteiger partial charge on any atom is 0.251 e. The maximum absolute atomic E-state index is 12.5. The van der Waals surface area contributed by atoms with E-state index in [9.17, 15) is 9.59 Å². The molecule has 0 spiro atoms. The van der Waals surface area contributed by atoms with Crippen molar-refractivity contribution in [2.24, 2.45) is 0 Å². The Morgan fingerprint density at radius 1 is 0.906 bits per heavy atom. The van der Waals surface area contributed by atoms with Crippen molar-refractivity contribution in [3.05, 3.63) is 82.9 Å². The highest BCUT2D eigenvalue weighted by atomic mass is 35.5. The summed E-state index contributed by atoms with van der Waals surface area (Å²) < 4.78 is 5.55. The largest absolute Gasteiger partial charge is 0.381 e. The van der Waals surface area contributed by atoms with E-state index in [0.29, 0.717) is 30.3 Å². The Balaban J connectivity index is 1.29. The molecule has 1 aliphatic rings. The van der Waals surface area contributed by atoms with Crippen molar-refractivity contribution in [1.29, 1.82) is 0 Å². The van der Waals surface area contributed by atoms with Gasteiger partial charge in [-0.25, -0.2) is 0 Å². The SMILES string of the molecule is O=C(CCNC(=O)c1ccc2ccccc2c1)NCC1(c2ccc(Cl)cc2)CCOCC1. The quantitative estimate of drug-likeness (QED) is 0.557. The summed E-state index contributed by atoms with van der Waals surface area (Å²) in [5.74, 6) is -0.255. The van der Waals surface area contributed by atoms with Gasteiger partial charge in [-0.1, -0.05) is 54.1 Å². The van der Waals surface area contributed by atoms with Crippen molar-refractivity contribution >= 4 is 34.2 Å². The fourth-order valence-electron chi connectivity index (χ4n) is 4.21. The minimum absolute atomic E-state index is 0.0800. The van der Waals surface area contributed by atoms with E-state index in [1.807, 2.05) is 60.7 Å². The van der Waals surface area contributed by atoms with Crippen molar-refractivity contribution in [3.8, 4) is 0 Å². The van der Waals surface area contributed by atoms with Crippen LogP contribution in [0.4, 0.5) is 0 Å². The van der Waals surface area contributed by atoms with E-state index in [0.717, 1.165) is 29.2 Å². The van der Waals surface area contributed by atoms with Gasteiger partial charge < -0.3 is 15.4 Å². The van der Waals surface area contributed by atoms with Crippen LogP contribution in [0.5, 0.6) is 0 Å². The number of ether oxygens (including phenoxy) is 1. The molecule has 1 fully saturated rings. The minimum atomic E-state index is -0.175. The molecule has 0 atom stereocenters. The number of benzene rings is 3. The van der Waals surface area contributed by atoms with E-state index < -0.39 is 0 Å². The fourth-order valence-corrected chi connectivity index (χ4v) is 4.34. The number of halogens is 1. The average Bonchev–Trinajstić information content (AvgIpc) is 2.83. The first-order valence-corrected chi connectivity index (χ1v) is 11.3. The number of nitrogens with one attached hydrogen (secondary N) is 2. The van der Waals surface area contributed by atoms with Gasteiger partial charge in [-0.05, 0) is 53.4 Å². The van der Waals surface area contributed by atoms with Gasteiger partial charge in [0.05, 0.1) is 0 Å². The molecule has 2 N–H and O–H groups in total. The summed E-state index contributed by atoms with van der Waals surface area (Å²) >= 11 is 6.05. The van der Waals surface area contributed by atoms with Gasteiger partial charge in [0.1, 0.15) is 0 Å². The fraction of sp³-hybridized carbons (Fsp3) is 0.308. The Bertz CT molecular complexity index is 1090. The van der Waals surface area contributed by atoms with Crippen LogP contribution in [0.25, 0.3) is 10.8 Å². The second-order valence-corrected chi connectivity index (χ2v) is 8.68. The Morgan fingerprint density at radius 2 is 1.62 bits per heavy atom. The third-order valence-electron chi connectivity index (χ3n) is 6.18. The van der Waals surface area contributed by atoms with Crippen molar-refractivity contribution in [2.75, 3.05) is 26.3 Å². The highest BCUT2D eigenvalue weighted by Gasteiger charge is 2.34. The molecule has 166 valence electrons. The van der Waals surface area contributed by atoms with Gasteiger partial charge in [-0.15, -0.1) is 0 Å². The lowest BCUT2D eigenvalue weighted by atomic mass is 9.74. The molecule has 0 saturated carbocycles. The van der Waals surface area contributed by atoms with Gasteiger partial charge in [0.15, 0.2) is 0 Å². The Labute approximate surface area is 193 Å². The first-order chi connectivity index (χ1) is 15.6. The summed E-state index contributed by atoms with van der Waals surface area (Å²) in [7, 11) is 0. The summed E-state index contributed by atoms with van der Waals surface area (Å²) in [4.78, 5) is 25.0. The smallest absolute Gasteiger partial charge is 0.251 e. The zero-order valence-electron chi connectivity index (χ0n) is 17.9. The summed E-state index contributed by atoms with van der Waals surface area (Å²) in [6.45, 7) is 2.16. The van der Waals surface area contributed by atoms with E-state index >= 15 is 0 Å². The summed E-state index contributed by atoms with van der Waals surface area (Å²) in [5.41, 5.74) is 1.59. The van der Waals surface area contributed by atoms with Gasteiger partial charge in [-0.2, -0.15) is 0 Å². The molecule has 3 aromatic carbocycles. The second-order valence-electron chi connectivity index (χ2n) is 8.24. The normalized spacial score (nSPS) is 15.3. The zero-order valence-corrected chi connectivity index (χ0v) is 18.7. The van der Waals surface area contributed by atoms with E-state index in [4.69, 9.17) is 16.3 Å². The molecular weight excluding hydrogens is 424 g/mol. The Kier molecular flexibility index (Phi) is 7.08. The number of carbonyl (C=O) groups is 2. The molecule has 0 aromatic heterocycles. The van der Waals surface area contributed by atoms with Crippen LogP contribution in [0.3, 0.4) is 0 Å². The van der Waals surface area contributed by atoms with Gasteiger partial charge in [0, 0.05) is 48.7 Å². The zero-order chi connectivity index (χ0) is 22.4. The molecular formula is C26H27ClN2O3. The van der Waals surface area contributed by atoms with Crippen LogP contribution in [0.15, 0.2) is 66.7 Å². The number of hydrogen-bond donors (Lipinski definition) is 2. The van der Waals surface area contributed by atoms with Crippen LogP contribution in [0.2, 0.25) is 5.02 Å². The first kappa shape index (κ1) is 22.3. The lowest BCUT2D eigenvalue weighted by Crippen LogP contribution is -2.45. The van der Waals surface area contributed by atoms with Gasteiger partial charge in [0.2, 0.25) is 5.91 Å². The van der Waals surface area contributed by atoms with Crippen molar-refractivity contribution in [3.63, 3.8) is 0 Å². The topological polar surface area (TPSA) is 67.4 Å². The van der Waals surface area contributed by atoms with Gasteiger partial charge in [-0.3, -0.25) is 9.59 Å². The molecule has 0 bridgehead atoms. The molecule has 1 saturated heterocycles. The van der Waals surface area contributed by atoms with Gasteiger partial charge in [0.25, 0.3) is 5.91 Å². The van der Waals surface area contributed by atoms with Crippen molar-refractivity contribution in [1.82, 2.24) is 10.6 Å². The van der Waals surface area contributed by atoms with Crippen LogP contribution >= 0.6 is 11.6 Å². The van der Waals surface area contributed by atoms with Crippen LogP contribution in [0.1, 0.15) is 35.2 Å². The van der Waals surface area contributed by atoms with E-state index in [-0.39, 0.29) is 30.2 Å². The van der Waals surface area contributed by atoms with Crippen LogP contribution < -0.4 is 10.6 Å². The molecule has 4 rings (SSSR count). The second kappa shape index (κ2) is 10.2. The number of hydrogen-bond acceptors (Lipinski definition) is 3. The van der Waals surface area contributed by atoms with E-state index in [1.165, 1.54) is 0 Å². The molecule has 3 aromatic rings.